The van der Waals surface area contributed by atoms with E-state index in [-0.39, 0.29) is 11.8 Å². The number of guanidine groups is 1. The molecule has 0 atom stereocenters. The van der Waals surface area contributed by atoms with Crippen molar-refractivity contribution in [2.75, 3.05) is 39.4 Å². The molecule has 0 saturated heterocycles. The van der Waals surface area contributed by atoms with E-state index in [1.165, 1.54) is 0 Å². The van der Waals surface area contributed by atoms with Gasteiger partial charge in [0.05, 0.1) is 0 Å². The number of rotatable bonds is 11. The van der Waals surface area contributed by atoms with E-state index in [0.29, 0.717) is 13.1 Å². The maximum Gasteiger partial charge on any atom is 0.223 e. The lowest BCUT2D eigenvalue weighted by atomic mass is 10.3. The van der Waals surface area contributed by atoms with Gasteiger partial charge < -0.3 is 20.7 Å². The van der Waals surface area contributed by atoms with Crippen molar-refractivity contribution in [1.29, 1.82) is 0 Å². The zero-order chi connectivity index (χ0) is 15.3. The molecule has 0 aliphatic heterocycles. The standard InChI is InChI=1S/C15H30N4O2/c1-3-16-15(18-9-5-6-12-21-4-2)19-11-10-17-14(20)13-7-8-13/h13H,3-12H2,1-2H3,(H,17,20)(H2,16,18,19). The number of hydrogen-bond acceptors (Lipinski definition) is 3. The molecule has 0 aromatic rings. The molecule has 0 unspecified atom stereocenters. The van der Waals surface area contributed by atoms with Gasteiger partial charge in [-0.05, 0) is 39.5 Å². The Balaban J connectivity index is 2.08. The van der Waals surface area contributed by atoms with E-state index in [1.807, 2.05) is 13.8 Å². The van der Waals surface area contributed by atoms with Crippen LogP contribution in [0, 0.1) is 5.92 Å². The molecule has 0 aromatic heterocycles. The fraction of sp³-hybridized carbons (Fsp3) is 0.867. The first kappa shape index (κ1) is 17.8. The van der Waals surface area contributed by atoms with Crippen LogP contribution in [0.3, 0.4) is 0 Å². The van der Waals surface area contributed by atoms with Crippen LogP contribution < -0.4 is 16.0 Å². The molecule has 1 saturated carbocycles. The van der Waals surface area contributed by atoms with Crippen LogP contribution in [0.15, 0.2) is 4.99 Å². The summed E-state index contributed by atoms with van der Waals surface area (Å²) in [7, 11) is 0. The first-order valence-corrected chi connectivity index (χ1v) is 8.15. The molecule has 0 radical (unpaired) electrons. The molecule has 0 spiro atoms. The number of carbonyl (C=O) groups excluding carboxylic acids is 1. The van der Waals surface area contributed by atoms with E-state index in [9.17, 15) is 4.79 Å². The number of amides is 1. The van der Waals surface area contributed by atoms with Crippen LogP contribution >= 0.6 is 0 Å². The molecule has 21 heavy (non-hydrogen) atoms. The topological polar surface area (TPSA) is 74.8 Å². The van der Waals surface area contributed by atoms with Crippen molar-refractivity contribution < 1.29 is 9.53 Å². The Hall–Kier alpha value is -1.30. The predicted octanol–water partition coefficient (Wildman–Crippen LogP) is 0.884. The highest BCUT2D eigenvalue weighted by Crippen LogP contribution is 2.28. The van der Waals surface area contributed by atoms with Gasteiger partial charge in [-0.3, -0.25) is 9.79 Å². The Kier molecular flexibility index (Phi) is 9.61. The number of nitrogens with one attached hydrogen (secondary N) is 3. The average Bonchev–Trinajstić information content (AvgIpc) is 3.31. The summed E-state index contributed by atoms with van der Waals surface area (Å²) < 4.78 is 5.29. The highest BCUT2D eigenvalue weighted by molar-refractivity contribution is 5.81. The first-order chi connectivity index (χ1) is 10.3. The Morgan fingerprint density at radius 2 is 1.90 bits per heavy atom. The molecule has 3 N–H and O–H groups in total. The number of nitrogens with zero attached hydrogens (tertiary/aromatic N) is 1. The van der Waals surface area contributed by atoms with Crippen LogP contribution in [0.1, 0.15) is 39.5 Å². The molecule has 6 heteroatoms. The summed E-state index contributed by atoms with van der Waals surface area (Å²) in [4.78, 5) is 16.0. The Bertz CT molecular complexity index is 317. The molecule has 122 valence electrons. The zero-order valence-corrected chi connectivity index (χ0v) is 13.4. The molecule has 1 fully saturated rings. The monoisotopic (exact) mass is 298 g/mol. The second-order valence-electron chi connectivity index (χ2n) is 5.16. The number of aliphatic imine (C=N–C) groups is 1. The molecule has 1 amide bonds. The summed E-state index contributed by atoms with van der Waals surface area (Å²) in [6, 6.07) is 0. The lowest BCUT2D eigenvalue weighted by Gasteiger charge is -2.11. The van der Waals surface area contributed by atoms with Crippen LogP contribution in [-0.2, 0) is 9.53 Å². The molecule has 1 rings (SSSR count). The van der Waals surface area contributed by atoms with Crippen molar-refractivity contribution in [1.82, 2.24) is 16.0 Å². The van der Waals surface area contributed by atoms with Gasteiger partial charge in [0.25, 0.3) is 0 Å². The predicted molar refractivity (Wildman–Crippen MR) is 85.4 cm³/mol. The van der Waals surface area contributed by atoms with Crippen LogP contribution in [0.25, 0.3) is 0 Å². The summed E-state index contributed by atoms with van der Waals surface area (Å²) >= 11 is 0. The number of hydrogen-bond donors (Lipinski definition) is 3. The summed E-state index contributed by atoms with van der Waals surface area (Å²) in [5.41, 5.74) is 0. The van der Waals surface area contributed by atoms with Crippen molar-refractivity contribution in [2.45, 2.75) is 39.5 Å². The minimum atomic E-state index is 0.190. The van der Waals surface area contributed by atoms with E-state index in [2.05, 4.69) is 20.9 Å². The van der Waals surface area contributed by atoms with E-state index >= 15 is 0 Å². The van der Waals surface area contributed by atoms with Gasteiger partial charge in [-0.25, -0.2) is 0 Å². The summed E-state index contributed by atoms with van der Waals surface area (Å²) in [6.07, 6.45) is 4.15. The number of unbranched alkanes of at least 4 members (excludes halogenated alkanes) is 1. The van der Waals surface area contributed by atoms with Gasteiger partial charge in [0.2, 0.25) is 5.91 Å². The SMILES string of the molecule is CCNC(=NCCCCOCC)NCCNC(=O)C1CC1. The largest absolute Gasteiger partial charge is 0.382 e. The van der Waals surface area contributed by atoms with E-state index < -0.39 is 0 Å². The Morgan fingerprint density at radius 3 is 2.57 bits per heavy atom. The van der Waals surface area contributed by atoms with Crippen LogP contribution in [0.2, 0.25) is 0 Å². The normalized spacial score (nSPS) is 14.9. The lowest BCUT2D eigenvalue weighted by Crippen LogP contribution is -2.41. The molecule has 6 nitrogen and oxygen atoms in total. The highest BCUT2D eigenvalue weighted by atomic mass is 16.5. The number of carbonyl (C=O) groups is 1. The smallest absolute Gasteiger partial charge is 0.223 e. The van der Waals surface area contributed by atoms with Gasteiger partial charge in [-0.2, -0.15) is 0 Å². The van der Waals surface area contributed by atoms with Crippen molar-refractivity contribution in [3.8, 4) is 0 Å². The third kappa shape index (κ3) is 9.28. The van der Waals surface area contributed by atoms with Gasteiger partial charge >= 0.3 is 0 Å². The van der Waals surface area contributed by atoms with Crippen molar-refractivity contribution >= 4 is 11.9 Å². The van der Waals surface area contributed by atoms with Gasteiger partial charge in [-0.1, -0.05) is 0 Å². The summed E-state index contributed by atoms with van der Waals surface area (Å²) in [5.74, 6) is 1.28. The highest BCUT2D eigenvalue weighted by Gasteiger charge is 2.28. The quantitative estimate of drug-likeness (QED) is 0.301. The van der Waals surface area contributed by atoms with E-state index in [4.69, 9.17) is 4.74 Å². The molecule has 1 aliphatic carbocycles. The van der Waals surface area contributed by atoms with E-state index in [0.717, 1.165) is 57.9 Å². The third-order valence-electron chi connectivity index (χ3n) is 3.18. The first-order valence-electron chi connectivity index (χ1n) is 8.15. The van der Waals surface area contributed by atoms with Crippen LogP contribution in [0.4, 0.5) is 0 Å². The molecular formula is C15H30N4O2. The Morgan fingerprint density at radius 1 is 1.14 bits per heavy atom. The second-order valence-corrected chi connectivity index (χ2v) is 5.16. The number of ether oxygens (including phenoxy) is 1. The Labute approximate surface area is 128 Å². The minimum Gasteiger partial charge on any atom is -0.382 e. The van der Waals surface area contributed by atoms with Crippen LogP contribution in [-0.4, -0.2) is 51.3 Å². The summed E-state index contributed by atoms with van der Waals surface area (Å²) in [6.45, 7) is 8.60. The maximum atomic E-state index is 11.5. The molecule has 0 heterocycles. The average molecular weight is 298 g/mol. The maximum absolute atomic E-state index is 11.5. The molecule has 1 aliphatic rings. The van der Waals surface area contributed by atoms with Gasteiger partial charge in [0.15, 0.2) is 5.96 Å². The molecular weight excluding hydrogens is 268 g/mol. The van der Waals surface area contributed by atoms with Gasteiger partial charge in [0.1, 0.15) is 0 Å². The minimum absolute atomic E-state index is 0.190. The van der Waals surface area contributed by atoms with Gasteiger partial charge in [0, 0.05) is 45.3 Å². The molecule has 0 bridgehead atoms. The zero-order valence-electron chi connectivity index (χ0n) is 13.4. The second kappa shape index (κ2) is 11.4. The third-order valence-corrected chi connectivity index (χ3v) is 3.18. The van der Waals surface area contributed by atoms with E-state index in [1.54, 1.807) is 0 Å². The summed E-state index contributed by atoms with van der Waals surface area (Å²) in [5, 5.41) is 9.36. The van der Waals surface area contributed by atoms with Gasteiger partial charge in [-0.15, -0.1) is 0 Å². The van der Waals surface area contributed by atoms with Crippen molar-refractivity contribution in [3.05, 3.63) is 0 Å². The molecule has 0 aromatic carbocycles. The van der Waals surface area contributed by atoms with Crippen molar-refractivity contribution in [3.63, 3.8) is 0 Å². The lowest BCUT2D eigenvalue weighted by molar-refractivity contribution is -0.122. The van der Waals surface area contributed by atoms with Crippen molar-refractivity contribution in [2.24, 2.45) is 10.9 Å². The van der Waals surface area contributed by atoms with Crippen LogP contribution in [0.5, 0.6) is 0 Å². The fourth-order valence-corrected chi connectivity index (χ4v) is 1.85. The fourth-order valence-electron chi connectivity index (χ4n) is 1.85.